The molecule has 3 aromatic heterocycles. The molecule has 2 N–H and O–H groups in total. The quantitative estimate of drug-likeness (QED) is 0.435. The van der Waals surface area contributed by atoms with Gasteiger partial charge in [-0.15, -0.1) is 0 Å². The van der Waals surface area contributed by atoms with Gasteiger partial charge >= 0.3 is 5.97 Å². The van der Waals surface area contributed by atoms with Gasteiger partial charge in [-0.1, -0.05) is 6.07 Å². The number of nitrogen functional groups attached to an aromatic ring is 1. The third kappa shape index (κ3) is 3.15. The predicted octanol–water partition coefficient (Wildman–Crippen LogP) is 3.85. The highest BCUT2D eigenvalue weighted by Gasteiger charge is 2.21. The maximum Gasteiger partial charge on any atom is 0.358 e. The number of imidazole rings is 2. The molecule has 0 spiro atoms. The molecule has 8 nitrogen and oxygen atoms in total. The molecule has 5 rings (SSSR count). The Balaban J connectivity index is 1.84. The van der Waals surface area contributed by atoms with Gasteiger partial charge in [0, 0.05) is 24.4 Å². The van der Waals surface area contributed by atoms with E-state index in [2.05, 4.69) is 15.0 Å². The topological polar surface area (TPSA) is 100 Å². The van der Waals surface area contributed by atoms with Crippen LogP contribution in [-0.4, -0.2) is 36.5 Å². The van der Waals surface area contributed by atoms with Crippen LogP contribution in [0.25, 0.3) is 39.2 Å². The molecule has 0 aliphatic carbocycles. The van der Waals surface area contributed by atoms with Crippen LogP contribution in [-0.2, 0) is 11.8 Å². The summed E-state index contributed by atoms with van der Waals surface area (Å²) in [6.45, 7) is 1.95. The number of esters is 1. The number of aryl methyl sites for hydroxylation is 1. The predicted molar refractivity (Wildman–Crippen MR) is 118 cm³/mol. The van der Waals surface area contributed by atoms with Crippen molar-refractivity contribution in [2.45, 2.75) is 6.92 Å². The number of ether oxygens (including phenoxy) is 1. The Morgan fingerprint density at radius 2 is 1.88 bits per heavy atom. The second-order valence-corrected chi connectivity index (χ2v) is 7.30. The normalized spacial score (nSPS) is 11.3. The monoisotopic (exact) mass is 430 g/mol. The maximum atomic E-state index is 13.6. The molecular weight excluding hydrogens is 411 g/mol. The average Bonchev–Trinajstić information content (AvgIpc) is 3.39. The Labute approximate surface area is 182 Å². The van der Waals surface area contributed by atoms with Crippen molar-refractivity contribution in [1.29, 1.82) is 0 Å². The van der Waals surface area contributed by atoms with Crippen molar-refractivity contribution in [2.24, 2.45) is 7.05 Å². The Bertz CT molecular complexity index is 1490. The fourth-order valence-corrected chi connectivity index (χ4v) is 3.73. The lowest BCUT2D eigenvalue weighted by atomic mass is 10.0. The summed E-state index contributed by atoms with van der Waals surface area (Å²) in [5.41, 5.74) is 11.1. The Hall–Kier alpha value is -4.27. The number of carbonyl (C=O) groups excluding carboxylic acids is 1. The van der Waals surface area contributed by atoms with Crippen LogP contribution in [0.1, 0.15) is 17.4 Å². The highest BCUT2D eigenvalue weighted by molar-refractivity contribution is 5.92. The van der Waals surface area contributed by atoms with E-state index in [0.29, 0.717) is 22.6 Å². The lowest BCUT2D eigenvalue weighted by Crippen LogP contribution is -2.04. The van der Waals surface area contributed by atoms with E-state index in [-0.39, 0.29) is 23.9 Å². The van der Waals surface area contributed by atoms with Gasteiger partial charge in [0.25, 0.3) is 0 Å². The third-order valence-electron chi connectivity index (χ3n) is 5.23. The van der Waals surface area contributed by atoms with Gasteiger partial charge in [-0.3, -0.25) is 4.40 Å². The molecule has 0 radical (unpaired) electrons. The molecule has 3 heterocycles. The van der Waals surface area contributed by atoms with E-state index < -0.39 is 5.97 Å². The van der Waals surface area contributed by atoms with E-state index in [1.807, 2.05) is 29.8 Å². The number of benzene rings is 2. The van der Waals surface area contributed by atoms with Gasteiger partial charge in [0.1, 0.15) is 5.82 Å². The molecule has 0 amide bonds. The number of carbonyl (C=O) groups is 1. The molecule has 0 fully saturated rings. The summed E-state index contributed by atoms with van der Waals surface area (Å²) in [5, 5.41) is 0. The van der Waals surface area contributed by atoms with Crippen molar-refractivity contribution < 1.29 is 13.9 Å². The van der Waals surface area contributed by atoms with E-state index in [9.17, 15) is 9.18 Å². The molecule has 5 aromatic rings. The first-order valence-corrected chi connectivity index (χ1v) is 9.99. The van der Waals surface area contributed by atoms with Gasteiger partial charge in [-0.25, -0.2) is 24.1 Å². The Morgan fingerprint density at radius 3 is 2.62 bits per heavy atom. The zero-order valence-corrected chi connectivity index (χ0v) is 17.4. The zero-order chi connectivity index (χ0) is 22.4. The molecule has 160 valence electrons. The van der Waals surface area contributed by atoms with Crippen LogP contribution in [0.4, 0.5) is 10.2 Å². The maximum absolute atomic E-state index is 13.6. The van der Waals surface area contributed by atoms with E-state index in [0.717, 1.165) is 16.6 Å². The smallest absolute Gasteiger partial charge is 0.358 e. The minimum absolute atomic E-state index is 0.125. The fourth-order valence-electron chi connectivity index (χ4n) is 3.73. The molecule has 0 bridgehead atoms. The van der Waals surface area contributed by atoms with Gasteiger partial charge in [-0.2, -0.15) is 0 Å². The Kier molecular flexibility index (Phi) is 4.58. The van der Waals surface area contributed by atoms with Gasteiger partial charge in [0.15, 0.2) is 17.2 Å². The summed E-state index contributed by atoms with van der Waals surface area (Å²) in [5.74, 6) is -0.759. The zero-order valence-electron chi connectivity index (χ0n) is 17.4. The number of fused-ring (bicyclic) bond motifs is 2. The molecule has 9 heteroatoms. The first-order valence-electron chi connectivity index (χ1n) is 9.99. The number of aromatic nitrogens is 5. The number of halogens is 1. The van der Waals surface area contributed by atoms with Crippen molar-refractivity contribution in [1.82, 2.24) is 23.9 Å². The lowest BCUT2D eigenvalue weighted by molar-refractivity contribution is 0.0520. The Morgan fingerprint density at radius 1 is 1.12 bits per heavy atom. The molecule has 0 atom stereocenters. The summed E-state index contributed by atoms with van der Waals surface area (Å²) in [7, 11) is 1.91. The molecule has 0 aliphatic rings. The van der Waals surface area contributed by atoms with Crippen LogP contribution in [0, 0.1) is 5.82 Å². The molecular formula is C23H19FN6O2. The third-order valence-corrected chi connectivity index (χ3v) is 5.23. The summed E-state index contributed by atoms with van der Waals surface area (Å²) in [4.78, 5) is 25.7. The number of hydrogen-bond donors (Lipinski definition) is 1. The molecule has 0 aliphatic heterocycles. The van der Waals surface area contributed by atoms with Crippen LogP contribution in [0.5, 0.6) is 0 Å². The second kappa shape index (κ2) is 7.45. The lowest BCUT2D eigenvalue weighted by Gasteiger charge is -2.14. The van der Waals surface area contributed by atoms with Gasteiger partial charge < -0.3 is 15.0 Å². The molecule has 0 saturated carbocycles. The van der Waals surface area contributed by atoms with Crippen LogP contribution in [0.2, 0.25) is 0 Å². The largest absolute Gasteiger partial charge is 0.461 e. The van der Waals surface area contributed by atoms with E-state index in [4.69, 9.17) is 10.5 Å². The summed E-state index contributed by atoms with van der Waals surface area (Å²) >= 11 is 0. The average molecular weight is 430 g/mol. The summed E-state index contributed by atoms with van der Waals surface area (Å²) in [6.07, 6.45) is 3.32. The minimum Gasteiger partial charge on any atom is -0.461 e. The fraction of sp³-hybridized carbons (Fsp3) is 0.130. The number of rotatable bonds is 4. The second-order valence-electron chi connectivity index (χ2n) is 7.30. The molecule has 0 saturated heterocycles. The van der Waals surface area contributed by atoms with E-state index >= 15 is 0 Å². The number of nitrogens with two attached hydrogens (primary N) is 1. The van der Waals surface area contributed by atoms with Crippen LogP contribution >= 0.6 is 0 Å². The molecule has 0 unspecified atom stereocenters. The van der Waals surface area contributed by atoms with Crippen molar-refractivity contribution >= 4 is 28.5 Å². The van der Waals surface area contributed by atoms with Gasteiger partial charge in [0.05, 0.1) is 35.4 Å². The van der Waals surface area contributed by atoms with Crippen LogP contribution in [0.15, 0.2) is 55.0 Å². The van der Waals surface area contributed by atoms with Gasteiger partial charge in [0.2, 0.25) is 0 Å². The molecule has 2 aromatic carbocycles. The summed E-state index contributed by atoms with van der Waals surface area (Å²) in [6, 6.07) is 11.8. The highest BCUT2D eigenvalue weighted by Crippen LogP contribution is 2.35. The first kappa shape index (κ1) is 19.7. The highest BCUT2D eigenvalue weighted by atomic mass is 19.1. The van der Waals surface area contributed by atoms with Crippen LogP contribution < -0.4 is 5.73 Å². The van der Waals surface area contributed by atoms with Gasteiger partial charge in [-0.05, 0) is 43.3 Å². The van der Waals surface area contributed by atoms with E-state index in [1.54, 1.807) is 36.0 Å². The van der Waals surface area contributed by atoms with Crippen molar-refractivity contribution in [3.05, 3.63) is 66.5 Å². The standard InChI is InChI=1S/C23H19FN6O2/c1-3-32-23(31)17-11-30-20(14-6-9-16-18(10-14)29(2)12-26-16)19(28-21(25)22(30)27-17)13-4-7-15(24)8-5-13/h4-12H,3H2,1-2H3,(H2,25,28). The minimum atomic E-state index is -0.549. The number of nitrogens with zero attached hydrogens (tertiary/aromatic N) is 5. The van der Waals surface area contributed by atoms with E-state index in [1.165, 1.54) is 12.1 Å². The van der Waals surface area contributed by atoms with Crippen LogP contribution in [0.3, 0.4) is 0 Å². The SMILES string of the molecule is CCOC(=O)c1cn2c(-c3ccc4ncn(C)c4c3)c(-c3ccc(F)cc3)nc(N)c2n1. The number of hydrogen-bond acceptors (Lipinski definition) is 6. The van der Waals surface area contributed by atoms with Crippen molar-refractivity contribution in [2.75, 3.05) is 12.3 Å². The first-order chi connectivity index (χ1) is 15.5. The summed E-state index contributed by atoms with van der Waals surface area (Å²) < 4.78 is 22.3. The molecule has 32 heavy (non-hydrogen) atoms. The van der Waals surface area contributed by atoms with Crippen molar-refractivity contribution in [3.63, 3.8) is 0 Å². The number of anilines is 1. The van der Waals surface area contributed by atoms with Crippen molar-refractivity contribution in [3.8, 4) is 22.5 Å².